The minimum absolute atomic E-state index is 0. The van der Waals surface area contributed by atoms with Gasteiger partial charge in [0.2, 0.25) is 0 Å². The van der Waals surface area contributed by atoms with Gasteiger partial charge in [-0.2, -0.15) is 0 Å². The van der Waals surface area contributed by atoms with E-state index in [1.54, 1.807) is 0 Å². The molecule has 0 bridgehead atoms. The maximum atomic E-state index is 5.36. The largest absolute Gasteiger partial charge is 0.399 e. The molecule has 1 aromatic carbocycles. The molecule has 2 N–H and O–H groups in total. The molecule has 0 aliphatic rings. The van der Waals surface area contributed by atoms with E-state index in [1.165, 1.54) is 0 Å². The summed E-state index contributed by atoms with van der Waals surface area (Å²) in [6.07, 6.45) is 0. The van der Waals surface area contributed by atoms with E-state index in [0.29, 0.717) is 0 Å². The maximum Gasteiger partial charge on any atom is 0.0313 e. The fraction of sp³-hybridized carbons (Fsp3) is 0. The molecular weight excluding hydrogens is 175 g/mol. The SMILES string of the molecule is Nc1ccccc1.[Y]. The molecule has 39 valence electrons. The zero-order valence-corrected chi connectivity index (χ0v) is 7.38. The third-order valence-corrected chi connectivity index (χ3v) is 0.800. The molecule has 1 rings (SSSR count). The van der Waals surface area contributed by atoms with E-state index in [1.807, 2.05) is 30.3 Å². The third kappa shape index (κ3) is 2.44. The monoisotopic (exact) mass is 182 g/mol. The first kappa shape index (κ1) is 8.12. The molecule has 0 heterocycles. The summed E-state index contributed by atoms with van der Waals surface area (Å²) in [6.45, 7) is 0. The van der Waals surface area contributed by atoms with E-state index in [2.05, 4.69) is 0 Å². The molecular formula is C6H7NY. The zero-order valence-electron chi connectivity index (χ0n) is 4.54. The van der Waals surface area contributed by atoms with Crippen LogP contribution in [0.5, 0.6) is 0 Å². The van der Waals surface area contributed by atoms with Crippen molar-refractivity contribution in [3.05, 3.63) is 30.3 Å². The number of nitrogen functional groups attached to an aromatic ring is 1. The summed E-state index contributed by atoms with van der Waals surface area (Å²) in [5.41, 5.74) is 6.18. The molecule has 0 amide bonds. The van der Waals surface area contributed by atoms with Crippen molar-refractivity contribution in [1.29, 1.82) is 0 Å². The van der Waals surface area contributed by atoms with Crippen LogP contribution in [-0.4, -0.2) is 0 Å². The summed E-state index contributed by atoms with van der Waals surface area (Å²) in [7, 11) is 0. The van der Waals surface area contributed by atoms with E-state index in [-0.39, 0.29) is 32.7 Å². The van der Waals surface area contributed by atoms with E-state index >= 15 is 0 Å². The van der Waals surface area contributed by atoms with Crippen LogP contribution < -0.4 is 5.73 Å². The van der Waals surface area contributed by atoms with Crippen LogP contribution in [0.4, 0.5) is 5.69 Å². The molecule has 0 saturated carbocycles. The van der Waals surface area contributed by atoms with Gasteiger partial charge in [-0.25, -0.2) is 0 Å². The second kappa shape index (κ2) is 4.05. The Morgan fingerprint density at radius 1 is 1.00 bits per heavy atom. The number of hydrogen-bond acceptors (Lipinski definition) is 1. The van der Waals surface area contributed by atoms with Gasteiger partial charge >= 0.3 is 0 Å². The summed E-state index contributed by atoms with van der Waals surface area (Å²) in [4.78, 5) is 0. The van der Waals surface area contributed by atoms with Crippen LogP contribution in [-0.2, 0) is 32.7 Å². The van der Waals surface area contributed by atoms with Crippen molar-refractivity contribution in [3.63, 3.8) is 0 Å². The number of hydrogen-bond donors (Lipinski definition) is 1. The Hall–Kier alpha value is 0.124. The molecule has 8 heavy (non-hydrogen) atoms. The molecule has 0 saturated heterocycles. The molecule has 0 aliphatic carbocycles. The molecule has 1 aromatic rings. The third-order valence-electron chi connectivity index (χ3n) is 0.800. The molecule has 1 nitrogen and oxygen atoms in total. The molecule has 0 aromatic heterocycles. The minimum atomic E-state index is 0. The van der Waals surface area contributed by atoms with Crippen LogP contribution in [0, 0.1) is 0 Å². The van der Waals surface area contributed by atoms with Gasteiger partial charge in [0, 0.05) is 38.4 Å². The predicted octanol–water partition coefficient (Wildman–Crippen LogP) is 1.27. The van der Waals surface area contributed by atoms with Crippen molar-refractivity contribution in [2.45, 2.75) is 0 Å². The first-order valence-electron chi connectivity index (χ1n) is 2.20. The summed E-state index contributed by atoms with van der Waals surface area (Å²) in [6, 6.07) is 9.49. The number of anilines is 1. The minimum Gasteiger partial charge on any atom is -0.399 e. The van der Waals surface area contributed by atoms with Crippen LogP contribution in [0.2, 0.25) is 0 Å². The van der Waals surface area contributed by atoms with Gasteiger partial charge in [0.1, 0.15) is 0 Å². The smallest absolute Gasteiger partial charge is 0.0313 e. The average Bonchev–Trinajstić information content (AvgIpc) is 1.69. The normalized spacial score (nSPS) is 7.50. The molecule has 0 fully saturated rings. The summed E-state index contributed by atoms with van der Waals surface area (Å²) in [5, 5.41) is 0. The summed E-state index contributed by atoms with van der Waals surface area (Å²) < 4.78 is 0. The number of nitrogens with two attached hydrogens (primary N) is 1. The van der Waals surface area contributed by atoms with Gasteiger partial charge in [0.25, 0.3) is 0 Å². The van der Waals surface area contributed by atoms with Crippen LogP contribution in [0.25, 0.3) is 0 Å². The van der Waals surface area contributed by atoms with Crippen molar-refractivity contribution < 1.29 is 32.7 Å². The molecule has 2 heteroatoms. The molecule has 0 aliphatic heterocycles. The van der Waals surface area contributed by atoms with Crippen LogP contribution in [0.3, 0.4) is 0 Å². The Labute approximate surface area is 74.2 Å². The van der Waals surface area contributed by atoms with Gasteiger partial charge in [0.15, 0.2) is 0 Å². The summed E-state index contributed by atoms with van der Waals surface area (Å²) in [5.74, 6) is 0. The second-order valence-electron chi connectivity index (χ2n) is 1.41. The van der Waals surface area contributed by atoms with Crippen molar-refractivity contribution >= 4 is 5.69 Å². The Kier molecular flexibility index (Phi) is 4.11. The molecule has 0 spiro atoms. The summed E-state index contributed by atoms with van der Waals surface area (Å²) >= 11 is 0. The van der Waals surface area contributed by atoms with Crippen LogP contribution in [0.15, 0.2) is 30.3 Å². The number of para-hydroxylation sites is 1. The Balaban J connectivity index is 0.000000490. The fourth-order valence-corrected chi connectivity index (χ4v) is 0.453. The first-order chi connectivity index (χ1) is 3.39. The van der Waals surface area contributed by atoms with Gasteiger partial charge in [-0.15, -0.1) is 0 Å². The maximum absolute atomic E-state index is 5.36. The zero-order chi connectivity index (χ0) is 5.11. The standard InChI is InChI=1S/C6H7N.Y/c7-6-4-2-1-3-5-6;/h1-5H,7H2;. The van der Waals surface area contributed by atoms with Crippen LogP contribution >= 0.6 is 0 Å². The predicted molar refractivity (Wildman–Crippen MR) is 30.9 cm³/mol. The van der Waals surface area contributed by atoms with E-state index in [4.69, 9.17) is 5.73 Å². The van der Waals surface area contributed by atoms with Crippen molar-refractivity contribution in [2.75, 3.05) is 5.73 Å². The second-order valence-corrected chi connectivity index (χ2v) is 1.41. The average molecular weight is 182 g/mol. The fourth-order valence-electron chi connectivity index (χ4n) is 0.453. The number of benzene rings is 1. The Morgan fingerprint density at radius 3 is 1.75 bits per heavy atom. The van der Waals surface area contributed by atoms with E-state index in [0.717, 1.165) is 5.69 Å². The van der Waals surface area contributed by atoms with Gasteiger partial charge in [-0.1, -0.05) is 18.2 Å². The van der Waals surface area contributed by atoms with Gasteiger partial charge in [-0.3, -0.25) is 0 Å². The molecule has 0 unspecified atom stereocenters. The van der Waals surface area contributed by atoms with E-state index in [9.17, 15) is 0 Å². The molecule has 1 radical (unpaired) electrons. The van der Waals surface area contributed by atoms with Crippen LogP contribution in [0.1, 0.15) is 0 Å². The Morgan fingerprint density at radius 2 is 1.50 bits per heavy atom. The number of rotatable bonds is 0. The molecule has 0 atom stereocenters. The van der Waals surface area contributed by atoms with Crippen molar-refractivity contribution in [2.24, 2.45) is 0 Å². The van der Waals surface area contributed by atoms with E-state index < -0.39 is 0 Å². The Bertz CT molecular complexity index is 138. The first-order valence-corrected chi connectivity index (χ1v) is 2.20. The quantitative estimate of drug-likeness (QED) is 0.600. The van der Waals surface area contributed by atoms with Crippen molar-refractivity contribution in [1.82, 2.24) is 0 Å². The topological polar surface area (TPSA) is 26.0 Å². The van der Waals surface area contributed by atoms with Crippen molar-refractivity contribution in [3.8, 4) is 0 Å². The van der Waals surface area contributed by atoms with Gasteiger partial charge < -0.3 is 5.73 Å². The van der Waals surface area contributed by atoms with Gasteiger partial charge in [-0.05, 0) is 12.1 Å². The van der Waals surface area contributed by atoms with Gasteiger partial charge in [0.05, 0.1) is 0 Å².